The van der Waals surface area contributed by atoms with E-state index in [9.17, 15) is 0 Å². The number of hydrogen-bond acceptors (Lipinski definition) is 2. The zero-order valence-electron chi connectivity index (χ0n) is 10.6. The number of halogens is 1. The van der Waals surface area contributed by atoms with E-state index in [0.29, 0.717) is 19.1 Å². The molecule has 0 amide bonds. The first kappa shape index (κ1) is 13.5. The highest BCUT2D eigenvalue weighted by Gasteiger charge is 2.21. The molecule has 1 aliphatic carbocycles. The van der Waals surface area contributed by atoms with Crippen molar-refractivity contribution in [3.05, 3.63) is 27.7 Å². The molecule has 2 rings (SSSR count). The van der Waals surface area contributed by atoms with E-state index in [2.05, 4.69) is 46.2 Å². The van der Waals surface area contributed by atoms with E-state index in [1.807, 2.05) is 0 Å². The van der Waals surface area contributed by atoms with Crippen molar-refractivity contribution in [1.82, 2.24) is 5.32 Å². The van der Waals surface area contributed by atoms with Gasteiger partial charge >= 0.3 is 0 Å². The smallest absolute Gasteiger partial charge is 0.126 e. The lowest BCUT2D eigenvalue weighted by molar-refractivity contribution is 0.320. The molecule has 0 heterocycles. The summed E-state index contributed by atoms with van der Waals surface area (Å²) in [6, 6.07) is 4.89. The van der Waals surface area contributed by atoms with Gasteiger partial charge in [-0.2, -0.15) is 0 Å². The van der Waals surface area contributed by atoms with Crippen LogP contribution in [-0.4, -0.2) is 12.6 Å². The Kier molecular flexibility index (Phi) is 4.68. The second kappa shape index (κ2) is 6.26. The third-order valence-corrected chi connectivity index (χ3v) is 3.43. The minimum atomic E-state index is 0.579. The molecule has 0 atom stereocenters. The maximum absolute atomic E-state index is 5.81. The fourth-order valence-corrected chi connectivity index (χ4v) is 2.51. The lowest BCUT2D eigenvalue weighted by atomic mass is 10.1. The Balaban J connectivity index is 2.09. The molecule has 1 N–H and O–H groups in total. The van der Waals surface area contributed by atoms with Crippen LogP contribution in [0.4, 0.5) is 0 Å². The molecule has 96 valence electrons. The molecule has 1 saturated carbocycles. The molecule has 0 radical (unpaired) electrons. The number of rotatable bonds is 6. The average molecular weight is 308 g/mol. The molecule has 0 bridgehead atoms. The first-order chi connectivity index (χ1) is 8.70. The quantitative estimate of drug-likeness (QED) is 0.642. The van der Waals surface area contributed by atoms with Crippen LogP contribution in [0.15, 0.2) is 16.6 Å². The van der Waals surface area contributed by atoms with Gasteiger partial charge in [-0.15, -0.1) is 12.3 Å². The minimum Gasteiger partial charge on any atom is -0.492 e. The van der Waals surface area contributed by atoms with Gasteiger partial charge in [0, 0.05) is 29.0 Å². The maximum Gasteiger partial charge on any atom is 0.126 e. The Bertz CT molecular complexity index is 460. The Labute approximate surface area is 117 Å². The molecule has 1 aliphatic rings. The highest BCUT2D eigenvalue weighted by atomic mass is 79.9. The van der Waals surface area contributed by atoms with Crippen LogP contribution in [0, 0.1) is 19.3 Å². The topological polar surface area (TPSA) is 21.3 Å². The summed E-state index contributed by atoms with van der Waals surface area (Å²) in [6.45, 7) is 3.50. The van der Waals surface area contributed by atoms with Crippen LogP contribution in [0.2, 0.25) is 0 Å². The summed E-state index contributed by atoms with van der Waals surface area (Å²) in [5, 5.41) is 3.52. The van der Waals surface area contributed by atoms with Crippen LogP contribution >= 0.6 is 15.9 Å². The highest BCUT2D eigenvalue weighted by Crippen LogP contribution is 2.29. The van der Waals surface area contributed by atoms with Gasteiger partial charge in [-0.3, -0.25) is 0 Å². The summed E-state index contributed by atoms with van der Waals surface area (Å²) in [5.74, 6) is 3.57. The molecule has 1 aromatic carbocycles. The summed E-state index contributed by atoms with van der Waals surface area (Å²) in [6.07, 6.45) is 8.48. The van der Waals surface area contributed by atoms with Gasteiger partial charge in [-0.25, -0.2) is 0 Å². The van der Waals surface area contributed by atoms with Gasteiger partial charge in [0.05, 0.1) is 6.61 Å². The van der Waals surface area contributed by atoms with Gasteiger partial charge in [-0.05, 0) is 37.5 Å². The largest absolute Gasteiger partial charge is 0.492 e. The third-order valence-electron chi connectivity index (χ3n) is 2.97. The molecule has 0 aromatic heterocycles. The Hall–Kier alpha value is -0.980. The molecular formula is C15H18BrNO. The van der Waals surface area contributed by atoms with Crippen molar-refractivity contribution in [2.75, 3.05) is 6.61 Å². The van der Waals surface area contributed by atoms with E-state index < -0.39 is 0 Å². The van der Waals surface area contributed by atoms with Crippen molar-refractivity contribution in [2.24, 2.45) is 0 Å². The Morgan fingerprint density at radius 2 is 2.28 bits per heavy atom. The molecule has 18 heavy (non-hydrogen) atoms. The van der Waals surface area contributed by atoms with E-state index in [4.69, 9.17) is 11.2 Å². The molecule has 0 saturated heterocycles. The molecule has 0 spiro atoms. The van der Waals surface area contributed by atoms with E-state index in [0.717, 1.165) is 22.3 Å². The Morgan fingerprint density at radius 3 is 2.94 bits per heavy atom. The van der Waals surface area contributed by atoms with Crippen molar-refractivity contribution >= 4 is 15.9 Å². The number of benzene rings is 1. The third kappa shape index (κ3) is 3.76. The van der Waals surface area contributed by atoms with E-state index in [-0.39, 0.29) is 0 Å². The number of nitrogens with one attached hydrogen (secondary N) is 1. The predicted octanol–water partition coefficient (Wildman–Crippen LogP) is 3.41. The van der Waals surface area contributed by atoms with E-state index in [1.165, 1.54) is 18.4 Å². The fraction of sp³-hybridized carbons (Fsp3) is 0.467. The zero-order chi connectivity index (χ0) is 13.0. The van der Waals surface area contributed by atoms with Crippen LogP contribution in [0.3, 0.4) is 0 Å². The van der Waals surface area contributed by atoms with E-state index >= 15 is 0 Å². The summed E-state index contributed by atoms with van der Waals surface area (Å²) in [7, 11) is 0. The van der Waals surface area contributed by atoms with Crippen molar-refractivity contribution in [3.63, 3.8) is 0 Å². The van der Waals surface area contributed by atoms with Crippen molar-refractivity contribution < 1.29 is 4.74 Å². The first-order valence-corrected chi connectivity index (χ1v) is 7.08. The van der Waals surface area contributed by atoms with Crippen LogP contribution in [-0.2, 0) is 6.54 Å². The predicted molar refractivity (Wildman–Crippen MR) is 77.7 cm³/mol. The lowest BCUT2D eigenvalue weighted by Crippen LogP contribution is -2.16. The van der Waals surface area contributed by atoms with Crippen LogP contribution in [0.25, 0.3) is 0 Å². The van der Waals surface area contributed by atoms with Gasteiger partial charge in [0.1, 0.15) is 5.75 Å². The summed E-state index contributed by atoms with van der Waals surface area (Å²) in [5.41, 5.74) is 2.35. The van der Waals surface area contributed by atoms with Gasteiger partial charge in [0.2, 0.25) is 0 Å². The molecule has 1 aromatic rings. The number of ether oxygens (including phenoxy) is 1. The Morgan fingerprint density at radius 1 is 1.50 bits per heavy atom. The molecule has 0 aliphatic heterocycles. The summed E-state index contributed by atoms with van der Waals surface area (Å²) in [4.78, 5) is 0. The van der Waals surface area contributed by atoms with Gasteiger partial charge in [-0.1, -0.05) is 15.9 Å². The highest BCUT2D eigenvalue weighted by molar-refractivity contribution is 9.10. The molecule has 2 nitrogen and oxygen atoms in total. The second-order valence-corrected chi connectivity index (χ2v) is 5.58. The maximum atomic E-state index is 5.81. The number of aryl methyl sites for hydroxylation is 1. The van der Waals surface area contributed by atoms with Crippen molar-refractivity contribution in [2.45, 2.75) is 38.8 Å². The van der Waals surface area contributed by atoms with Gasteiger partial charge < -0.3 is 10.1 Å². The zero-order valence-corrected chi connectivity index (χ0v) is 12.2. The van der Waals surface area contributed by atoms with Gasteiger partial charge in [0.25, 0.3) is 0 Å². The second-order valence-electron chi connectivity index (χ2n) is 4.67. The summed E-state index contributed by atoms with van der Waals surface area (Å²) >= 11 is 3.54. The van der Waals surface area contributed by atoms with Crippen molar-refractivity contribution in [1.29, 1.82) is 0 Å². The minimum absolute atomic E-state index is 0.579. The van der Waals surface area contributed by atoms with E-state index in [1.54, 1.807) is 0 Å². The number of terminal acetylenes is 1. The van der Waals surface area contributed by atoms with Crippen molar-refractivity contribution in [3.8, 4) is 18.1 Å². The molecule has 3 heteroatoms. The monoisotopic (exact) mass is 307 g/mol. The van der Waals surface area contributed by atoms with Crippen LogP contribution < -0.4 is 10.1 Å². The fourth-order valence-electron chi connectivity index (χ4n) is 1.89. The normalized spacial score (nSPS) is 14.3. The SMILES string of the molecule is C#CCCOc1c(C)cc(Br)cc1CNC1CC1. The summed E-state index contributed by atoms with van der Waals surface area (Å²) < 4.78 is 6.91. The molecule has 0 unspecified atom stereocenters. The number of hydrogen-bond donors (Lipinski definition) is 1. The van der Waals surface area contributed by atoms with Crippen LogP contribution in [0.5, 0.6) is 5.75 Å². The lowest BCUT2D eigenvalue weighted by Gasteiger charge is -2.15. The first-order valence-electron chi connectivity index (χ1n) is 6.29. The van der Waals surface area contributed by atoms with Gasteiger partial charge in [0.15, 0.2) is 0 Å². The average Bonchev–Trinajstić information content (AvgIpc) is 3.13. The molecule has 1 fully saturated rings. The molecular weight excluding hydrogens is 290 g/mol. The van der Waals surface area contributed by atoms with Crippen LogP contribution in [0.1, 0.15) is 30.4 Å². The standard InChI is InChI=1S/C15H18BrNO/c1-3-4-7-18-15-11(2)8-13(16)9-12(15)10-17-14-5-6-14/h1,8-9,14,17H,4-7,10H2,2H3.